The lowest BCUT2D eigenvalue weighted by Crippen LogP contribution is -2.28. The average molecular weight is 389 g/mol. The Morgan fingerprint density at radius 1 is 1.27 bits per heavy atom. The van der Waals surface area contributed by atoms with Gasteiger partial charge in [-0.15, -0.1) is 11.3 Å². The Balaban J connectivity index is 1.62. The first-order valence-electron chi connectivity index (χ1n) is 8.68. The highest BCUT2D eigenvalue weighted by Crippen LogP contribution is 2.23. The summed E-state index contributed by atoms with van der Waals surface area (Å²) in [5.41, 5.74) is 1.85. The molecule has 1 aromatic carbocycles. The van der Waals surface area contributed by atoms with Gasteiger partial charge in [0.25, 0.3) is 0 Å². The minimum atomic E-state index is -0.0316. The minimum absolute atomic E-state index is 0.0316. The van der Waals surface area contributed by atoms with Crippen LogP contribution in [0.5, 0.6) is 0 Å². The highest BCUT2D eigenvalue weighted by atomic mass is 35.5. The standard InChI is InChI=1S/C20H21ClN2O2S/c1-2-22(14-17-10-11-18(21)26-17)19(24)12-7-15-5-8-16(9-6-15)23-13-3-4-20(23)25/h5-12H,2-4,13-14H2,1H3. The van der Waals surface area contributed by atoms with E-state index in [4.69, 9.17) is 11.6 Å². The third-order valence-electron chi connectivity index (χ3n) is 4.37. The van der Waals surface area contributed by atoms with E-state index in [0.717, 1.165) is 33.4 Å². The van der Waals surface area contributed by atoms with E-state index in [1.54, 1.807) is 11.0 Å². The summed E-state index contributed by atoms with van der Waals surface area (Å²) in [5.74, 6) is 0.145. The first-order chi connectivity index (χ1) is 12.6. The molecule has 4 nitrogen and oxygen atoms in total. The lowest BCUT2D eigenvalue weighted by Gasteiger charge is -2.18. The number of anilines is 1. The SMILES string of the molecule is CCN(Cc1ccc(Cl)s1)C(=O)C=Cc1ccc(N2CCCC2=O)cc1. The monoisotopic (exact) mass is 388 g/mol. The normalized spacial score (nSPS) is 14.4. The van der Waals surface area contributed by atoms with Crippen molar-refractivity contribution in [1.29, 1.82) is 0 Å². The van der Waals surface area contributed by atoms with E-state index in [0.29, 0.717) is 19.5 Å². The quantitative estimate of drug-likeness (QED) is 0.679. The molecule has 0 atom stereocenters. The Hall–Kier alpha value is -2.11. The summed E-state index contributed by atoms with van der Waals surface area (Å²) < 4.78 is 0.732. The second-order valence-corrected chi connectivity index (χ2v) is 7.93. The number of benzene rings is 1. The van der Waals surface area contributed by atoms with Crippen LogP contribution in [0.3, 0.4) is 0 Å². The van der Waals surface area contributed by atoms with Crippen LogP contribution < -0.4 is 4.90 Å². The molecule has 2 heterocycles. The number of rotatable bonds is 6. The second kappa shape index (κ2) is 8.52. The van der Waals surface area contributed by atoms with Gasteiger partial charge in [-0.25, -0.2) is 0 Å². The maximum atomic E-state index is 12.4. The molecule has 1 aromatic heterocycles. The lowest BCUT2D eigenvalue weighted by atomic mass is 10.2. The van der Waals surface area contributed by atoms with Gasteiger partial charge in [0, 0.05) is 36.2 Å². The van der Waals surface area contributed by atoms with Crippen molar-refractivity contribution in [2.45, 2.75) is 26.3 Å². The maximum Gasteiger partial charge on any atom is 0.246 e. The average Bonchev–Trinajstić information content (AvgIpc) is 3.26. The molecule has 0 bridgehead atoms. The fourth-order valence-corrected chi connectivity index (χ4v) is 4.03. The van der Waals surface area contributed by atoms with Gasteiger partial charge in [0.05, 0.1) is 10.9 Å². The number of hydrogen-bond acceptors (Lipinski definition) is 3. The van der Waals surface area contributed by atoms with Crippen LogP contribution in [-0.4, -0.2) is 29.8 Å². The molecule has 0 spiro atoms. The topological polar surface area (TPSA) is 40.6 Å². The van der Waals surface area contributed by atoms with Crippen molar-refractivity contribution in [2.75, 3.05) is 18.0 Å². The van der Waals surface area contributed by atoms with Crippen LogP contribution in [0, 0.1) is 0 Å². The zero-order valence-corrected chi connectivity index (χ0v) is 16.2. The van der Waals surface area contributed by atoms with Crippen molar-refractivity contribution >= 4 is 46.5 Å². The molecule has 0 radical (unpaired) electrons. The van der Waals surface area contributed by atoms with Gasteiger partial charge in [0.2, 0.25) is 11.8 Å². The van der Waals surface area contributed by atoms with E-state index in [1.807, 2.05) is 54.3 Å². The number of carbonyl (C=O) groups is 2. The Kier molecular flexibility index (Phi) is 6.12. The molecule has 26 heavy (non-hydrogen) atoms. The summed E-state index contributed by atoms with van der Waals surface area (Å²) in [6.07, 6.45) is 4.94. The van der Waals surface area contributed by atoms with Crippen LogP contribution in [0.15, 0.2) is 42.5 Å². The molecule has 6 heteroatoms. The highest BCUT2D eigenvalue weighted by molar-refractivity contribution is 7.16. The van der Waals surface area contributed by atoms with Crippen LogP contribution in [0.2, 0.25) is 4.34 Å². The number of halogens is 1. The zero-order chi connectivity index (χ0) is 18.5. The number of thiophene rings is 1. The Morgan fingerprint density at radius 3 is 2.62 bits per heavy atom. The Bertz CT molecular complexity index is 813. The van der Waals surface area contributed by atoms with E-state index in [2.05, 4.69) is 0 Å². The predicted molar refractivity (Wildman–Crippen MR) is 107 cm³/mol. The Labute approximate surface area is 162 Å². The van der Waals surface area contributed by atoms with Gasteiger partial charge in [-0.2, -0.15) is 0 Å². The number of amides is 2. The van der Waals surface area contributed by atoms with Crippen molar-refractivity contribution in [3.05, 3.63) is 57.3 Å². The van der Waals surface area contributed by atoms with Crippen molar-refractivity contribution < 1.29 is 9.59 Å². The van der Waals surface area contributed by atoms with E-state index in [1.165, 1.54) is 11.3 Å². The van der Waals surface area contributed by atoms with Crippen molar-refractivity contribution in [1.82, 2.24) is 4.90 Å². The summed E-state index contributed by atoms with van der Waals surface area (Å²) in [5, 5.41) is 0. The zero-order valence-electron chi connectivity index (χ0n) is 14.7. The molecule has 2 amide bonds. The van der Waals surface area contributed by atoms with Crippen LogP contribution in [0.4, 0.5) is 5.69 Å². The molecule has 1 aliphatic heterocycles. The smallest absolute Gasteiger partial charge is 0.246 e. The third-order valence-corrected chi connectivity index (χ3v) is 5.58. The van der Waals surface area contributed by atoms with Crippen molar-refractivity contribution in [3.63, 3.8) is 0 Å². The summed E-state index contributed by atoms with van der Waals surface area (Å²) in [4.78, 5) is 28.9. The van der Waals surface area contributed by atoms with Gasteiger partial charge in [0.1, 0.15) is 0 Å². The fourth-order valence-electron chi connectivity index (χ4n) is 2.93. The number of hydrogen-bond donors (Lipinski definition) is 0. The predicted octanol–water partition coefficient (Wildman–Crippen LogP) is 4.59. The van der Waals surface area contributed by atoms with Gasteiger partial charge >= 0.3 is 0 Å². The lowest BCUT2D eigenvalue weighted by molar-refractivity contribution is -0.126. The first-order valence-corrected chi connectivity index (χ1v) is 9.88. The Morgan fingerprint density at radius 2 is 2.04 bits per heavy atom. The molecular weight excluding hydrogens is 368 g/mol. The summed E-state index contributed by atoms with van der Waals surface area (Å²) in [6.45, 7) is 3.94. The van der Waals surface area contributed by atoms with Crippen LogP contribution in [0.1, 0.15) is 30.2 Å². The van der Waals surface area contributed by atoms with Crippen LogP contribution in [0.25, 0.3) is 6.08 Å². The van der Waals surface area contributed by atoms with Crippen LogP contribution in [-0.2, 0) is 16.1 Å². The largest absolute Gasteiger partial charge is 0.334 e. The van der Waals surface area contributed by atoms with Gasteiger partial charge in [0.15, 0.2) is 0 Å². The van der Waals surface area contributed by atoms with E-state index < -0.39 is 0 Å². The summed E-state index contributed by atoms with van der Waals surface area (Å²) in [7, 11) is 0. The molecule has 1 fully saturated rings. The number of carbonyl (C=O) groups excluding carboxylic acids is 2. The third kappa shape index (κ3) is 4.54. The highest BCUT2D eigenvalue weighted by Gasteiger charge is 2.21. The summed E-state index contributed by atoms with van der Waals surface area (Å²) in [6, 6.07) is 11.5. The second-order valence-electron chi connectivity index (χ2n) is 6.13. The van der Waals surface area contributed by atoms with E-state index in [-0.39, 0.29) is 11.8 Å². The fraction of sp³-hybridized carbons (Fsp3) is 0.300. The molecule has 1 saturated heterocycles. The van der Waals surface area contributed by atoms with Crippen LogP contribution >= 0.6 is 22.9 Å². The van der Waals surface area contributed by atoms with E-state index >= 15 is 0 Å². The van der Waals surface area contributed by atoms with Crippen molar-refractivity contribution in [2.24, 2.45) is 0 Å². The van der Waals surface area contributed by atoms with Gasteiger partial charge in [-0.3, -0.25) is 9.59 Å². The summed E-state index contributed by atoms with van der Waals surface area (Å²) >= 11 is 7.45. The first kappa shape index (κ1) is 18.7. The van der Waals surface area contributed by atoms with Crippen molar-refractivity contribution in [3.8, 4) is 0 Å². The minimum Gasteiger partial charge on any atom is -0.334 e. The van der Waals surface area contributed by atoms with Gasteiger partial charge in [-0.05, 0) is 49.2 Å². The molecule has 0 unspecified atom stereocenters. The molecule has 0 N–H and O–H groups in total. The molecule has 0 saturated carbocycles. The van der Waals surface area contributed by atoms with Gasteiger partial charge in [-0.1, -0.05) is 23.7 Å². The molecule has 3 rings (SSSR count). The molecule has 2 aromatic rings. The number of likely N-dealkylation sites (N-methyl/N-ethyl adjacent to an activating group) is 1. The molecule has 1 aliphatic rings. The van der Waals surface area contributed by atoms with Gasteiger partial charge < -0.3 is 9.80 Å². The number of nitrogens with zero attached hydrogens (tertiary/aromatic N) is 2. The molecule has 136 valence electrons. The van der Waals surface area contributed by atoms with E-state index in [9.17, 15) is 9.59 Å². The maximum absolute atomic E-state index is 12.4. The molecular formula is C20H21ClN2O2S. The molecule has 0 aliphatic carbocycles.